The van der Waals surface area contributed by atoms with Crippen LogP contribution in [0.1, 0.15) is 31.7 Å². The minimum atomic E-state index is 0.192. The minimum Gasteiger partial charge on any atom is -0.330 e. The molecule has 0 radical (unpaired) electrons. The molecule has 3 heteroatoms. The lowest BCUT2D eigenvalue weighted by atomic mass is 10.0. The molecular formula is C14H20N2O. The molecule has 2 rings (SSSR count). The van der Waals surface area contributed by atoms with Crippen molar-refractivity contribution < 1.29 is 4.79 Å². The highest BCUT2D eigenvalue weighted by atomic mass is 16.2. The standard InChI is InChI=1S/C14H20N2O/c1-10(2)12-3-5-13(6-4-12)16-9-11(8-15)7-14(16)17/h3-6,10-11H,7-9,15H2,1-2H3. The van der Waals surface area contributed by atoms with Crippen molar-refractivity contribution in [1.29, 1.82) is 0 Å². The summed E-state index contributed by atoms with van der Waals surface area (Å²) in [4.78, 5) is 13.7. The second-order valence-corrected chi connectivity index (χ2v) is 5.06. The molecule has 1 aromatic rings. The van der Waals surface area contributed by atoms with Gasteiger partial charge in [-0.15, -0.1) is 0 Å². The normalized spacial score (nSPS) is 20.4. The molecule has 2 N–H and O–H groups in total. The maximum Gasteiger partial charge on any atom is 0.227 e. The Morgan fingerprint density at radius 1 is 1.35 bits per heavy atom. The Labute approximate surface area is 103 Å². The Kier molecular flexibility index (Phi) is 3.48. The fraction of sp³-hybridized carbons (Fsp3) is 0.500. The molecule has 1 unspecified atom stereocenters. The number of hydrogen-bond acceptors (Lipinski definition) is 2. The van der Waals surface area contributed by atoms with Gasteiger partial charge in [0.2, 0.25) is 5.91 Å². The van der Waals surface area contributed by atoms with Crippen LogP contribution in [-0.4, -0.2) is 19.0 Å². The van der Waals surface area contributed by atoms with E-state index in [9.17, 15) is 4.79 Å². The van der Waals surface area contributed by atoms with Gasteiger partial charge in [0.1, 0.15) is 0 Å². The van der Waals surface area contributed by atoms with Gasteiger partial charge in [-0.05, 0) is 36.1 Å². The summed E-state index contributed by atoms with van der Waals surface area (Å²) in [5, 5.41) is 0. The highest BCUT2D eigenvalue weighted by Gasteiger charge is 2.29. The predicted molar refractivity (Wildman–Crippen MR) is 70.0 cm³/mol. The monoisotopic (exact) mass is 232 g/mol. The maximum absolute atomic E-state index is 11.8. The van der Waals surface area contributed by atoms with Crippen molar-refractivity contribution in [2.24, 2.45) is 11.7 Å². The molecule has 1 fully saturated rings. The lowest BCUT2D eigenvalue weighted by molar-refractivity contribution is -0.117. The van der Waals surface area contributed by atoms with Crippen molar-refractivity contribution in [3.63, 3.8) is 0 Å². The average Bonchev–Trinajstić information content (AvgIpc) is 2.71. The molecule has 1 saturated heterocycles. The Morgan fingerprint density at radius 2 is 2.00 bits per heavy atom. The lowest BCUT2D eigenvalue weighted by Gasteiger charge is -2.17. The molecule has 1 aliphatic rings. The van der Waals surface area contributed by atoms with Gasteiger partial charge in [0, 0.05) is 18.7 Å². The van der Waals surface area contributed by atoms with Crippen LogP contribution in [-0.2, 0) is 4.79 Å². The first kappa shape index (κ1) is 12.1. The van der Waals surface area contributed by atoms with E-state index in [-0.39, 0.29) is 5.91 Å². The quantitative estimate of drug-likeness (QED) is 0.867. The van der Waals surface area contributed by atoms with Crippen molar-refractivity contribution in [3.05, 3.63) is 29.8 Å². The van der Waals surface area contributed by atoms with Gasteiger partial charge in [0.15, 0.2) is 0 Å². The molecule has 3 nitrogen and oxygen atoms in total. The van der Waals surface area contributed by atoms with E-state index >= 15 is 0 Å². The topological polar surface area (TPSA) is 46.3 Å². The largest absolute Gasteiger partial charge is 0.330 e. The highest BCUT2D eigenvalue weighted by Crippen LogP contribution is 2.26. The van der Waals surface area contributed by atoms with Gasteiger partial charge in [-0.3, -0.25) is 4.79 Å². The molecule has 1 aromatic carbocycles. The van der Waals surface area contributed by atoms with Gasteiger partial charge in [-0.2, -0.15) is 0 Å². The third-order valence-electron chi connectivity index (χ3n) is 3.41. The van der Waals surface area contributed by atoms with Crippen molar-refractivity contribution in [3.8, 4) is 0 Å². The third-order valence-corrected chi connectivity index (χ3v) is 3.41. The number of rotatable bonds is 3. The van der Waals surface area contributed by atoms with E-state index in [1.807, 2.05) is 17.0 Å². The number of carbonyl (C=O) groups excluding carboxylic acids is 1. The fourth-order valence-electron chi connectivity index (χ4n) is 2.23. The van der Waals surface area contributed by atoms with Crippen LogP contribution in [0.5, 0.6) is 0 Å². The zero-order chi connectivity index (χ0) is 12.4. The molecule has 0 bridgehead atoms. The minimum absolute atomic E-state index is 0.192. The van der Waals surface area contributed by atoms with Crippen LogP contribution < -0.4 is 10.6 Å². The summed E-state index contributed by atoms with van der Waals surface area (Å²) in [7, 11) is 0. The Balaban J connectivity index is 2.15. The predicted octanol–water partition coefficient (Wildman–Crippen LogP) is 2.12. The molecule has 0 aromatic heterocycles. The fourth-order valence-corrected chi connectivity index (χ4v) is 2.23. The van der Waals surface area contributed by atoms with Crippen LogP contribution in [0.4, 0.5) is 5.69 Å². The first-order valence-corrected chi connectivity index (χ1v) is 6.22. The second kappa shape index (κ2) is 4.88. The van der Waals surface area contributed by atoms with Gasteiger partial charge in [-0.25, -0.2) is 0 Å². The Morgan fingerprint density at radius 3 is 2.47 bits per heavy atom. The zero-order valence-corrected chi connectivity index (χ0v) is 10.5. The SMILES string of the molecule is CC(C)c1ccc(N2CC(CN)CC2=O)cc1. The Hall–Kier alpha value is -1.35. The molecule has 17 heavy (non-hydrogen) atoms. The first-order chi connectivity index (χ1) is 8.11. The van der Waals surface area contributed by atoms with Gasteiger partial charge in [0.05, 0.1) is 0 Å². The van der Waals surface area contributed by atoms with Crippen LogP contribution in [0.3, 0.4) is 0 Å². The summed E-state index contributed by atoms with van der Waals surface area (Å²) in [6.45, 7) is 5.68. The molecule has 0 aliphatic carbocycles. The van der Waals surface area contributed by atoms with E-state index in [1.54, 1.807) is 0 Å². The molecule has 1 atom stereocenters. The summed E-state index contributed by atoms with van der Waals surface area (Å²) in [6.07, 6.45) is 0.586. The smallest absolute Gasteiger partial charge is 0.227 e. The van der Waals surface area contributed by atoms with Gasteiger partial charge in [0.25, 0.3) is 0 Å². The van der Waals surface area contributed by atoms with E-state index in [0.717, 1.165) is 12.2 Å². The van der Waals surface area contributed by atoms with Crippen molar-refractivity contribution in [2.75, 3.05) is 18.0 Å². The summed E-state index contributed by atoms with van der Waals surface area (Å²) in [5.74, 6) is 1.03. The number of hydrogen-bond donors (Lipinski definition) is 1. The first-order valence-electron chi connectivity index (χ1n) is 6.22. The van der Waals surface area contributed by atoms with Crippen LogP contribution in [0.25, 0.3) is 0 Å². The zero-order valence-electron chi connectivity index (χ0n) is 10.5. The van der Waals surface area contributed by atoms with E-state index in [4.69, 9.17) is 5.73 Å². The average molecular weight is 232 g/mol. The maximum atomic E-state index is 11.8. The van der Waals surface area contributed by atoms with Crippen molar-refractivity contribution >= 4 is 11.6 Å². The van der Waals surface area contributed by atoms with Crippen LogP contribution in [0.15, 0.2) is 24.3 Å². The van der Waals surface area contributed by atoms with Crippen molar-refractivity contribution in [2.45, 2.75) is 26.2 Å². The van der Waals surface area contributed by atoms with Gasteiger partial charge in [-0.1, -0.05) is 26.0 Å². The highest BCUT2D eigenvalue weighted by molar-refractivity contribution is 5.95. The molecule has 1 aliphatic heterocycles. The summed E-state index contributed by atoms with van der Waals surface area (Å²) < 4.78 is 0. The van der Waals surface area contributed by atoms with Crippen LogP contribution in [0, 0.1) is 5.92 Å². The summed E-state index contributed by atoms with van der Waals surface area (Å²) in [6, 6.07) is 8.27. The second-order valence-electron chi connectivity index (χ2n) is 5.06. The number of nitrogens with two attached hydrogens (primary N) is 1. The molecule has 0 spiro atoms. The molecule has 1 amide bonds. The third kappa shape index (κ3) is 2.50. The number of benzene rings is 1. The molecule has 1 heterocycles. The van der Waals surface area contributed by atoms with E-state index in [1.165, 1.54) is 5.56 Å². The summed E-state index contributed by atoms with van der Waals surface area (Å²) in [5.41, 5.74) is 7.92. The van der Waals surface area contributed by atoms with E-state index < -0.39 is 0 Å². The van der Waals surface area contributed by atoms with Gasteiger partial charge >= 0.3 is 0 Å². The molecule has 0 saturated carbocycles. The van der Waals surface area contributed by atoms with Crippen LogP contribution in [0.2, 0.25) is 0 Å². The number of amides is 1. The number of carbonyl (C=O) groups is 1. The molecular weight excluding hydrogens is 212 g/mol. The van der Waals surface area contributed by atoms with E-state index in [0.29, 0.717) is 24.8 Å². The molecule has 92 valence electrons. The van der Waals surface area contributed by atoms with Gasteiger partial charge < -0.3 is 10.6 Å². The number of anilines is 1. The number of nitrogens with zero attached hydrogens (tertiary/aromatic N) is 1. The lowest BCUT2D eigenvalue weighted by Crippen LogP contribution is -2.25. The van der Waals surface area contributed by atoms with E-state index in [2.05, 4.69) is 26.0 Å². The Bertz CT molecular complexity index is 397. The van der Waals surface area contributed by atoms with Crippen LogP contribution >= 0.6 is 0 Å². The van der Waals surface area contributed by atoms with Crippen molar-refractivity contribution in [1.82, 2.24) is 0 Å². The summed E-state index contributed by atoms with van der Waals surface area (Å²) >= 11 is 0.